The Morgan fingerprint density at radius 3 is 2.63 bits per heavy atom. The van der Waals surface area contributed by atoms with Gasteiger partial charge in [-0.25, -0.2) is 0 Å². The number of phenolic OH excluding ortho intramolecular Hbond substituents is 1. The van der Waals surface area contributed by atoms with Gasteiger partial charge in [-0.05, 0) is 31.0 Å². The van der Waals surface area contributed by atoms with E-state index in [9.17, 15) is 14.7 Å². The molecule has 2 amide bonds. The van der Waals surface area contributed by atoms with Crippen molar-refractivity contribution in [3.63, 3.8) is 0 Å². The fourth-order valence-electron chi connectivity index (χ4n) is 1.59. The molecular formula is C14H20N2O3. The predicted molar refractivity (Wildman–Crippen MR) is 74.0 cm³/mol. The van der Waals surface area contributed by atoms with Gasteiger partial charge in [0.2, 0.25) is 0 Å². The van der Waals surface area contributed by atoms with Gasteiger partial charge in [0.15, 0.2) is 0 Å². The SMILES string of the molecule is CCCCCNC(=O)C(=O)Nc1cc(C)ccc1O. The van der Waals surface area contributed by atoms with Gasteiger partial charge in [-0.3, -0.25) is 9.59 Å². The van der Waals surface area contributed by atoms with Crippen LogP contribution in [0.1, 0.15) is 31.7 Å². The number of phenols is 1. The molecule has 0 unspecified atom stereocenters. The van der Waals surface area contributed by atoms with Crippen LogP contribution in [0.3, 0.4) is 0 Å². The second-order valence-corrected chi connectivity index (χ2v) is 4.44. The fourth-order valence-corrected chi connectivity index (χ4v) is 1.59. The minimum Gasteiger partial charge on any atom is -0.506 e. The molecule has 0 heterocycles. The van der Waals surface area contributed by atoms with E-state index in [2.05, 4.69) is 17.6 Å². The Morgan fingerprint density at radius 2 is 1.95 bits per heavy atom. The lowest BCUT2D eigenvalue weighted by molar-refractivity contribution is -0.136. The normalized spacial score (nSPS) is 10.0. The molecule has 0 saturated carbocycles. The Labute approximate surface area is 113 Å². The van der Waals surface area contributed by atoms with Crippen molar-refractivity contribution >= 4 is 17.5 Å². The van der Waals surface area contributed by atoms with Gasteiger partial charge in [0.05, 0.1) is 5.69 Å². The van der Waals surface area contributed by atoms with E-state index in [-0.39, 0.29) is 11.4 Å². The van der Waals surface area contributed by atoms with Crippen LogP contribution in [0, 0.1) is 6.92 Å². The second-order valence-electron chi connectivity index (χ2n) is 4.44. The standard InChI is InChI=1S/C14H20N2O3/c1-3-4-5-8-15-13(18)14(19)16-11-9-10(2)6-7-12(11)17/h6-7,9,17H,3-5,8H2,1-2H3,(H,15,18)(H,16,19). The average Bonchev–Trinajstić information content (AvgIpc) is 2.38. The highest BCUT2D eigenvalue weighted by Gasteiger charge is 2.14. The number of carbonyl (C=O) groups is 2. The Balaban J connectivity index is 2.49. The van der Waals surface area contributed by atoms with E-state index in [0.717, 1.165) is 24.8 Å². The van der Waals surface area contributed by atoms with E-state index in [1.54, 1.807) is 12.1 Å². The average molecular weight is 264 g/mol. The molecule has 19 heavy (non-hydrogen) atoms. The molecule has 5 nitrogen and oxygen atoms in total. The zero-order chi connectivity index (χ0) is 14.3. The summed E-state index contributed by atoms with van der Waals surface area (Å²) < 4.78 is 0. The Morgan fingerprint density at radius 1 is 1.21 bits per heavy atom. The number of amides is 2. The van der Waals surface area contributed by atoms with Crippen LogP contribution >= 0.6 is 0 Å². The van der Waals surface area contributed by atoms with E-state index in [1.165, 1.54) is 6.07 Å². The third-order valence-corrected chi connectivity index (χ3v) is 2.67. The van der Waals surface area contributed by atoms with Gasteiger partial charge in [-0.15, -0.1) is 0 Å². The smallest absolute Gasteiger partial charge is 0.313 e. The summed E-state index contributed by atoms with van der Waals surface area (Å²) in [6, 6.07) is 4.80. The molecule has 0 bridgehead atoms. The molecule has 0 aliphatic carbocycles. The number of aryl methyl sites for hydroxylation is 1. The highest BCUT2D eigenvalue weighted by atomic mass is 16.3. The lowest BCUT2D eigenvalue weighted by Gasteiger charge is -2.08. The van der Waals surface area contributed by atoms with E-state index >= 15 is 0 Å². The minimum absolute atomic E-state index is 0.0577. The molecule has 0 radical (unpaired) electrons. The van der Waals surface area contributed by atoms with Crippen LogP contribution < -0.4 is 10.6 Å². The highest BCUT2D eigenvalue weighted by molar-refractivity contribution is 6.39. The number of hydrogen-bond donors (Lipinski definition) is 3. The summed E-state index contributed by atoms with van der Waals surface area (Å²) in [5.74, 6) is -1.51. The molecule has 1 aromatic rings. The minimum atomic E-state index is -0.766. The van der Waals surface area contributed by atoms with Crippen molar-refractivity contribution in [2.24, 2.45) is 0 Å². The number of carbonyl (C=O) groups excluding carboxylic acids is 2. The maximum Gasteiger partial charge on any atom is 0.313 e. The zero-order valence-electron chi connectivity index (χ0n) is 11.3. The molecule has 0 spiro atoms. The first-order valence-electron chi connectivity index (χ1n) is 6.43. The maximum absolute atomic E-state index is 11.6. The number of hydrogen-bond acceptors (Lipinski definition) is 3. The topological polar surface area (TPSA) is 78.4 Å². The highest BCUT2D eigenvalue weighted by Crippen LogP contribution is 2.23. The molecule has 5 heteroatoms. The summed E-state index contributed by atoms with van der Waals surface area (Å²) in [6.07, 6.45) is 2.92. The monoisotopic (exact) mass is 264 g/mol. The van der Waals surface area contributed by atoms with Crippen LogP contribution in [-0.2, 0) is 9.59 Å². The molecule has 104 valence electrons. The molecular weight excluding hydrogens is 244 g/mol. The van der Waals surface area contributed by atoms with Gasteiger partial charge in [0.25, 0.3) is 0 Å². The first-order chi connectivity index (χ1) is 9.04. The van der Waals surface area contributed by atoms with Crippen molar-refractivity contribution < 1.29 is 14.7 Å². The lowest BCUT2D eigenvalue weighted by atomic mass is 10.2. The fraction of sp³-hybridized carbons (Fsp3) is 0.429. The van der Waals surface area contributed by atoms with Crippen LogP contribution in [0.2, 0.25) is 0 Å². The van der Waals surface area contributed by atoms with Crippen LogP contribution in [-0.4, -0.2) is 23.5 Å². The number of benzene rings is 1. The van der Waals surface area contributed by atoms with Crippen LogP contribution in [0.5, 0.6) is 5.75 Å². The van der Waals surface area contributed by atoms with Crippen molar-refractivity contribution in [3.05, 3.63) is 23.8 Å². The zero-order valence-corrected chi connectivity index (χ0v) is 11.3. The molecule has 0 aliphatic heterocycles. The summed E-state index contributed by atoms with van der Waals surface area (Å²) in [4.78, 5) is 23.1. The molecule has 1 rings (SSSR count). The van der Waals surface area contributed by atoms with Crippen molar-refractivity contribution in [1.82, 2.24) is 5.32 Å². The number of rotatable bonds is 5. The van der Waals surface area contributed by atoms with Crippen LogP contribution in [0.25, 0.3) is 0 Å². The van der Waals surface area contributed by atoms with E-state index in [1.807, 2.05) is 6.92 Å². The number of nitrogens with one attached hydrogen (secondary N) is 2. The van der Waals surface area contributed by atoms with Crippen molar-refractivity contribution in [3.8, 4) is 5.75 Å². The van der Waals surface area contributed by atoms with Crippen molar-refractivity contribution in [2.45, 2.75) is 33.1 Å². The van der Waals surface area contributed by atoms with Gasteiger partial charge < -0.3 is 15.7 Å². The summed E-state index contributed by atoms with van der Waals surface area (Å²) in [7, 11) is 0. The first kappa shape index (κ1) is 15.0. The number of aromatic hydroxyl groups is 1. The second kappa shape index (κ2) is 7.41. The number of unbranched alkanes of at least 4 members (excludes halogenated alkanes) is 2. The predicted octanol–water partition coefficient (Wildman–Crippen LogP) is 1.95. The largest absolute Gasteiger partial charge is 0.506 e. The van der Waals surface area contributed by atoms with E-state index < -0.39 is 11.8 Å². The molecule has 0 saturated heterocycles. The molecule has 1 aromatic carbocycles. The molecule has 0 atom stereocenters. The van der Waals surface area contributed by atoms with Crippen molar-refractivity contribution in [1.29, 1.82) is 0 Å². The summed E-state index contributed by atoms with van der Waals surface area (Å²) in [5, 5.41) is 14.5. The van der Waals surface area contributed by atoms with Gasteiger partial charge in [0, 0.05) is 6.54 Å². The third kappa shape index (κ3) is 4.99. The third-order valence-electron chi connectivity index (χ3n) is 2.67. The maximum atomic E-state index is 11.6. The van der Waals surface area contributed by atoms with E-state index in [0.29, 0.717) is 6.54 Å². The Kier molecular flexibility index (Phi) is 5.85. The van der Waals surface area contributed by atoms with Gasteiger partial charge >= 0.3 is 11.8 Å². The van der Waals surface area contributed by atoms with Gasteiger partial charge in [0.1, 0.15) is 5.75 Å². The first-order valence-corrected chi connectivity index (χ1v) is 6.43. The summed E-state index contributed by atoms with van der Waals surface area (Å²) >= 11 is 0. The number of anilines is 1. The Hall–Kier alpha value is -2.04. The van der Waals surface area contributed by atoms with Gasteiger partial charge in [-0.1, -0.05) is 25.8 Å². The Bertz CT molecular complexity index is 458. The van der Waals surface area contributed by atoms with Gasteiger partial charge in [-0.2, -0.15) is 0 Å². The molecule has 0 fully saturated rings. The molecule has 0 aromatic heterocycles. The lowest BCUT2D eigenvalue weighted by Crippen LogP contribution is -2.35. The molecule has 0 aliphatic rings. The van der Waals surface area contributed by atoms with Crippen molar-refractivity contribution in [2.75, 3.05) is 11.9 Å². The van der Waals surface area contributed by atoms with Crippen LogP contribution in [0.15, 0.2) is 18.2 Å². The summed E-state index contributed by atoms with van der Waals surface area (Å²) in [5.41, 5.74) is 1.13. The quantitative estimate of drug-likeness (QED) is 0.432. The molecule has 3 N–H and O–H groups in total. The summed E-state index contributed by atoms with van der Waals surface area (Å²) in [6.45, 7) is 4.38. The van der Waals surface area contributed by atoms with Crippen LogP contribution in [0.4, 0.5) is 5.69 Å². The van der Waals surface area contributed by atoms with E-state index in [4.69, 9.17) is 0 Å².